The number of carbonyl (C=O) groups excluding carboxylic acids is 1. The van der Waals surface area contributed by atoms with Crippen LogP contribution < -0.4 is 14.5 Å². The van der Waals surface area contributed by atoms with Crippen molar-refractivity contribution in [2.45, 2.75) is 45.2 Å². The molecule has 1 N–H and O–H groups in total. The van der Waals surface area contributed by atoms with E-state index < -0.39 is 33.6 Å². The summed E-state index contributed by atoms with van der Waals surface area (Å²) in [5, 5.41) is 2.82. The topological polar surface area (TPSA) is 69.7 Å². The van der Waals surface area contributed by atoms with E-state index >= 15 is 0 Å². The molecule has 1 heterocycles. The number of nitrogens with zero attached hydrogens (tertiary/aromatic N) is 2. The van der Waals surface area contributed by atoms with Crippen LogP contribution in [0.2, 0.25) is 0 Å². The lowest BCUT2D eigenvalue weighted by atomic mass is 10.1. The molecule has 174 valence electrons. The molecule has 0 aliphatic carbocycles. The summed E-state index contributed by atoms with van der Waals surface area (Å²) in [7, 11) is -3.93. The van der Waals surface area contributed by atoms with E-state index in [1.807, 2.05) is 31.2 Å². The van der Waals surface area contributed by atoms with E-state index in [2.05, 4.69) is 10.2 Å². The first-order chi connectivity index (χ1) is 15.1. The third-order valence-electron chi connectivity index (χ3n) is 5.72. The summed E-state index contributed by atoms with van der Waals surface area (Å²) >= 11 is 0. The monoisotopic (exact) mass is 465 g/mol. The number of hydrogen-bond donors (Lipinski definition) is 1. The highest BCUT2D eigenvalue weighted by Crippen LogP contribution is 2.25. The number of rotatable bonds is 7. The fraction of sp³-hybridized carbons (Fsp3) is 0.435. The van der Waals surface area contributed by atoms with Crippen LogP contribution in [0.4, 0.5) is 20.2 Å². The van der Waals surface area contributed by atoms with Gasteiger partial charge in [0.15, 0.2) is 11.6 Å². The minimum atomic E-state index is -3.93. The molecule has 2 atom stereocenters. The molecule has 32 heavy (non-hydrogen) atoms. The Bertz CT molecular complexity index is 1050. The molecule has 1 aliphatic heterocycles. The summed E-state index contributed by atoms with van der Waals surface area (Å²) in [5.41, 5.74) is 1.90. The number of sulfonamides is 1. The van der Waals surface area contributed by atoms with Gasteiger partial charge in [0.25, 0.3) is 0 Å². The Labute approximate surface area is 188 Å². The van der Waals surface area contributed by atoms with Gasteiger partial charge in [-0.2, -0.15) is 0 Å². The highest BCUT2D eigenvalue weighted by molar-refractivity contribution is 7.92. The Kier molecular flexibility index (Phi) is 7.38. The van der Waals surface area contributed by atoms with E-state index in [1.54, 1.807) is 0 Å². The lowest BCUT2D eigenvalue weighted by Gasteiger charge is -2.30. The Morgan fingerprint density at radius 2 is 1.62 bits per heavy atom. The van der Waals surface area contributed by atoms with Crippen LogP contribution in [0.25, 0.3) is 0 Å². The van der Waals surface area contributed by atoms with Gasteiger partial charge in [-0.3, -0.25) is 9.10 Å². The van der Waals surface area contributed by atoms with E-state index in [9.17, 15) is 22.0 Å². The molecule has 3 rings (SSSR count). The molecule has 9 heteroatoms. The predicted molar refractivity (Wildman–Crippen MR) is 122 cm³/mol. The molecule has 1 aliphatic rings. The first-order valence-corrected chi connectivity index (χ1v) is 12.5. The van der Waals surface area contributed by atoms with E-state index in [0.717, 1.165) is 53.1 Å². The van der Waals surface area contributed by atoms with Crippen molar-refractivity contribution in [2.75, 3.05) is 28.6 Å². The molecule has 2 aromatic rings. The van der Waals surface area contributed by atoms with Gasteiger partial charge in [0, 0.05) is 24.8 Å². The van der Waals surface area contributed by atoms with Crippen molar-refractivity contribution in [1.82, 2.24) is 5.32 Å². The summed E-state index contributed by atoms with van der Waals surface area (Å²) in [4.78, 5) is 15.2. The number of benzene rings is 2. The standard InChI is InChI=1S/C23H29F2N3O3S/c1-16(18-7-9-19(10-8-18)27-13-5-4-6-14-27)26-23(29)17(2)28(32(3,30)31)20-11-12-21(24)22(25)15-20/h7-12,15-17H,4-6,13-14H2,1-3H3,(H,26,29)/t16-,17+/m1/s1. The number of amides is 1. The van der Waals surface area contributed by atoms with Crippen molar-refractivity contribution in [3.63, 3.8) is 0 Å². The predicted octanol–water partition coefficient (Wildman–Crippen LogP) is 3.99. The van der Waals surface area contributed by atoms with Gasteiger partial charge in [-0.05, 0) is 62.9 Å². The molecule has 6 nitrogen and oxygen atoms in total. The van der Waals surface area contributed by atoms with Crippen LogP contribution in [0.3, 0.4) is 0 Å². The Hall–Kier alpha value is -2.68. The Morgan fingerprint density at radius 1 is 1.00 bits per heavy atom. The van der Waals surface area contributed by atoms with Crippen molar-refractivity contribution >= 4 is 27.3 Å². The quantitative estimate of drug-likeness (QED) is 0.672. The SMILES string of the molecule is C[C@@H](NC(=O)[C@H](C)N(c1ccc(F)c(F)c1)S(C)(=O)=O)c1ccc(N2CCCCC2)cc1. The van der Waals surface area contributed by atoms with E-state index in [-0.39, 0.29) is 11.7 Å². The number of piperidine rings is 1. The Balaban J connectivity index is 1.73. The normalized spacial score (nSPS) is 16.3. The van der Waals surface area contributed by atoms with Gasteiger partial charge in [0.05, 0.1) is 18.0 Å². The molecular formula is C23H29F2N3O3S. The third kappa shape index (κ3) is 5.56. The maximum atomic E-state index is 13.7. The number of halogens is 2. The van der Waals surface area contributed by atoms with Gasteiger partial charge in [-0.15, -0.1) is 0 Å². The lowest BCUT2D eigenvalue weighted by molar-refractivity contribution is -0.122. The second kappa shape index (κ2) is 9.85. The van der Waals surface area contributed by atoms with Gasteiger partial charge in [0.2, 0.25) is 15.9 Å². The summed E-state index contributed by atoms with van der Waals surface area (Å²) in [6, 6.07) is 9.14. The molecule has 0 spiro atoms. The average Bonchev–Trinajstić information content (AvgIpc) is 2.76. The number of nitrogens with one attached hydrogen (secondary N) is 1. The summed E-state index contributed by atoms with van der Waals surface area (Å²) < 4.78 is 52.5. The largest absolute Gasteiger partial charge is 0.372 e. The fourth-order valence-corrected chi connectivity index (χ4v) is 5.14. The van der Waals surface area contributed by atoms with Crippen LogP contribution >= 0.6 is 0 Å². The maximum absolute atomic E-state index is 13.7. The average molecular weight is 466 g/mol. The zero-order valence-electron chi connectivity index (χ0n) is 18.5. The molecule has 2 aromatic carbocycles. The van der Waals surface area contributed by atoms with E-state index in [1.165, 1.54) is 26.2 Å². The minimum absolute atomic E-state index is 0.118. The fourth-order valence-electron chi connectivity index (χ4n) is 3.97. The van der Waals surface area contributed by atoms with Gasteiger partial charge in [0.1, 0.15) is 6.04 Å². The van der Waals surface area contributed by atoms with Gasteiger partial charge in [-0.1, -0.05) is 12.1 Å². The van der Waals surface area contributed by atoms with Crippen LogP contribution in [-0.2, 0) is 14.8 Å². The van der Waals surface area contributed by atoms with Gasteiger partial charge >= 0.3 is 0 Å². The number of carbonyl (C=O) groups is 1. The highest BCUT2D eigenvalue weighted by atomic mass is 32.2. The molecule has 1 saturated heterocycles. The third-order valence-corrected chi connectivity index (χ3v) is 6.96. The number of anilines is 2. The summed E-state index contributed by atoms with van der Waals surface area (Å²) in [6.07, 6.45) is 4.54. The van der Waals surface area contributed by atoms with Crippen LogP contribution in [0.15, 0.2) is 42.5 Å². The van der Waals surface area contributed by atoms with Crippen molar-refractivity contribution < 1.29 is 22.0 Å². The van der Waals surface area contributed by atoms with Crippen molar-refractivity contribution in [1.29, 1.82) is 0 Å². The summed E-state index contributed by atoms with van der Waals surface area (Å²) in [5.74, 6) is -2.83. The van der Waals surface area contributed by atoms with Gasteiger partial charge in [-0.25, -0.2) is 17.2 Å². The zero-order chi connectivity index (χ0) is 23.5. The molecule has 1 amide bonds. The molecular weight excluding hydrogens is 436 g/mol. The summed E-state index contributed by atoms with van der Waals surface area (Å²) in [6.45, 7) is 5.29. The van der Waals surface area contributed by atoms with Gasteiger partial charge < -0.3 is 10.2 Å². The van der Waals surface area contributed by atoms with E-state index in [4.69, 9.17) is 0 Å². The van der Waals surface area contributed by atoms with Crippen LogP contribution in [-0.4, -0.2) is 39.7 Å². The van der Waals surface area contributed by atoms with Crippen molar-refractivity contribution in [2.24, 2.45) is 0 Å². The van der Waals surface area contributed by atoms with Crippen molar-refractivity contribution in [3.8, 4) is 0 Å². The van der Waals surface area contributed by atoms with Crippen LogP contribution in [0.5, 0.6) is 0 Å². The van der Waals surface area contributed by atoms with Crippen LogP contribution in [0.1, 0.15) is 44.7 Å². The molecule has 0 unspecified atom stereocenters. The lowest BCUT2D eigenvalue weighted by Crippen LogP contribution is -2.48. The number of hydrogen-bond acceptors (Lipinski definition) is 4. The zero-order valence-corrected chi connectivity index (χ0v) is 19.3. The first kappa shape index (κ1) is 24.0. The second-order valence-corrected chi connectivity index (χ2v) is 10.1. The van der Waals surface area contributed by atoms with Crippen LogP contribution in [0, 0.1) is 11.6 Å². The molecule has 0 aromatic heterocycles. The smallest absolute Gasteiger partial charge is 0.244 e. The molecule has 0 bridgehead atoms. The maximum Gasteiger partial charge on any atom is 0.244 e. The highest BCUT2D eigenvalue weighted by Gasteiger charge is 2.30. The Morgan fingerprint density at radius 3 is 2.19 bits per heavy atom. The van der Waals surface area contributed by atoms with Crippen molar-refractivity contribution in [3.05, 3.63) is 59.7 Å². The first-order valence-electron chi connectivity index (χ1n) is 10.7. The molecule has 0 radical (unpaired) electrons. The molecule has 0 saturated carbocycles. The molecule has 1 fully saturated rings. The second-order valence-electron chi connectivity index (χ2n) is 8.20. The minimum Gasteiger partial charge on any atom is -0.372 e. The van der Waals surface area contributed by atoms with E-state index in [0.29, 0.717) is 0 Å².